The van der Waals surface area contributed by atoms with Gasteiger partial charge >= 0.3 is 0 Å². The number of hydrogen-bond acceptors (Lipinski definition) is 4. The van der Waals surface area contributed by atoms with Crippen molar-refractivity contribution in [1.82, 2.24) is 10.2 Å². The standard InChI is InChI=1S/C16H24N2O3/c19-9-5-15(12-1-2-12)17-14-3-7-18(8-4-14)16(20)13-6-10-21-11-13/h6,10-12,14-15,17,19H,1-5,7-9H2. The SMILES string of the molecule is O=C(c1ccoc1)N1CCC(NC(CCO)C2CC2)CC1. The van der Waals surface area contributed by atoms with Gasteiger partial charge in [0, 0.05) is 31.8 Å². The average Bonchev–Trinajstić information content (AvgIpc) is 3.21. The molecule has 3 rings (SSSR count). The smallest absolute Gasteiger partial charge is 0.257 e. The van der Waals surface area contributed by atoms with Crippen LogP contribution < -0.4 is 5.32 Å². The van der Waals surface area contributed by atoms with Crippen molar-refractivity contribution in [3.63, 3.8) is 0 Å². The fourth-order valence-electron chi connectivity index (χ4n) is 3.21. The fraction of sp³-hybridized carbons (Fsp3) is 0.688. The minimum atomic E-state index is 0.0660. The molecule has 1 aromatic rings. The van der Waals surface area contributed by atoms with Crippen molar-refractivity contribution in [1.29, 1.82) is 0 Å². The maximum atomic E-state index is 12.2. The van der Waals surface area contributed by atoms with Crippen LogP contribution in [-0.2, 0) is 0 Å². The van der Waals surface area contributed by atoms with Gasteiger partial charge in [-0.05, 0) is 44.1 Å². The number of piperidine rings is 1. The Morgan fingerprint density at radius 3 is 2.71 bits per heavy atom. The predicted molar refractivity (Wildman–Crippen MR) is 79.0 cm³/mol. The first-order valence-corrected chi connectivity index (χ1v) is 7.96. The number of carbonyl (C=O) groups excluding carboxylic acids is 1. The van der Waals surface area contributed by atoms with Crippen LogP contribution in [0, 0.1) is 5.92 Å². The lowest BCUT2D eigenvalue weighted by atomic mass is 10.0. The number of aliphatic hydroxyl groups excluding tert-OH is 1. The minimum Gasteiger partial charge on any atom is -0.472 e. The molecule has 1 saturated heterocycles. The highest BCUT2D eigenvalue weighted by Crippen LogP contribution is 2.34. The molecule has 1 aromatic heterocycles. The number of likely N-dealkylation sites (tertiary alicyclic amines) is 1. The van der Waals surface area contributed by atoms with Crippen LogP contribution in [0.2, 0.25) is 0 Å². The Kier molecular flexibility index (Phi) is 4.60. The molecule has 0 spiro atoms. The largest absolute Gasteiger partial charge is 0.472 e. The summed E-state index contributed by atoms with van der Waals surface area (Å²) in [6.07, 6.45) is 8.44. The third-order valence-electron chi connectivity index (χ3n) is 4.63. The molecule has 1 aliphatic heterocycles. The third-order valence-corrected chi connectivity index (χ3v) is 4.63. The van der Waals surface area contributed by atoms with E-state index in [1.165, 1.54) is 25.4 Å². The second-order valence-corrected chi connectivity index (χ2v) is 6.20. The number of hydrogen-bond donors (Lipinski definition) is 2. The van der Waals surface area contributed by atoms with Crippen molar-refractivity contribution in [2.24, 2.45) is 5.92 Å². The fourth-order valence-corrected chi connectivity index (χ4v) is 3.21. The molecule has 1 atom stereocenters. The van der Waals surface area contributed by atoms with Crippen LogP contribution in [0.1, 0.15) is 42.5 Å². The van der Waals surface area contributed by atoms with Gasteiger partial charge in [0.25, 0.3) is 5.91 Å². The van der Waals surface area contributed by atoms with E-state index in [2.05, 4.69) is 5.32 Å². The van der Waals surface area contributed by atoms with E-state index in [1.54, 1.807) is 6.07 Å². The Balaban J connectivity index is 1.47. The molecule has 0 bridgehead atoms. The van der Waals surface area contributed by atoms with Gasteiger partial charge in [0.1, 0.15) is 6.26 Å². The quantitative estimate of drug-likeness (QED) is 0.836. The minimum absolute atomic E-state index is 0.0660. The summed E-state index contributed by atoms with van der Waals surface area (Å²) < 4.78 is 4.98. The van der Waals surface area contributed by atoms with E-state index < -0.39 is 0 Å². The molecule has 1 aliphatic carbocycles. The maximum absolute atomic E-state index is 12.2. The zero-order chi connectivity index (χ0) is 14.7. The molecule has 2 N–H and O–H groups in total. The van der Waals surface area contributed by atoms with Gasteiger partial charge in [-0.15, -0.1) is 0 Å². The van der Waals surface area contributed by atoms with Crippen LogP contribution in [0.4, 0.5) is 0 Å². The van der Waals surface area contributed by atoms with Gasteiger partial charge < -0.3 is 19.7 Å². The van der Waals surface area contributed by atoms with Gasteiger partial charge in [0.05, 0.1) is 11.8 Å². The van der Waals surface area contributed by atoms with Gasteiger partial charge in [0.15, 0.2) is 0 Å². The van der Waals surface area contributed by atoms with E-state index in [1.807, 2.05) is 4.90 Å². The number of aliphatic hydroxyl groups is 1. The summed E-state index contributed by atoms with van der Waals surface area (Å²) in [6, 6.07) is 2.64. The number of furan rings is 1. The second kappa shape index (κ2) is 6.62. The molecule has 116 valence electrons. The monoisotopic (exact) mass is 292 g/mol. The van der Waals surface area contributed by atoms with Crippen LogP contribution in [0.3, 0.4) is 0 Å². The van der Waals surface area contributed by atoms with E-state index in [4.69, 9.17) is 9.52 Å². The van der Waals surface area contributed by atoms with Crippen molar-refractivity contribution in [2.75, 3.05) is 19.7 Å². The van der Waals surface area contributed by atoms with Gasteiger partial charge in [-0.2, -0.15) is 0 Å². The number of amides is 1. The highest BCUT2D eigenvalue weighted by atomic mass is 16.3. The zero-order valence-electron chi connectivity index (χ0n) is 12.3. The topological polar surface area (TPSA) is 65.7 Å². The number of nitrogens with zero attached hydrogens (tertiary/aromatic N) is 1. The lowest BCUT2D eigenvalue weighted by Gasteiger charge is -2.34. The highest BCUT2D eigenvalue weighted by molar-refractivity contribution is 5.93. The molecule has 2 fully saturated rings. The van der Waals surface area contributed by atoms with Crippen molar-refractivity contribution in [3.8, 4) is 0 Å². The molecule has 21 heavy (non-hydrogen) atoms. The Hall–Kier alpha value is -1.33. The molecule has 2 aliphatic rings. The summed E-state index contributed by atoms with van der Waals surface area (Å²) >= 11 is 0. The van der Waals surface area contributed by atoms with E-state index in [0.717, 1.165) is 38.3 Å². The van der Waals surface area contributed by atoms with Crippen molar-refractivity contribution in [3.05, 3.63) is 24.2 Å². The molecule has 5 heteroatoms. The highest BCUT2D eigenvalue weighted by Gasteiger charge is 2.33. The molecule has 1 saturated carbocycles. The van der Waals surface area contributed by atoms with Crippen molar-refractivity contribution >= 4 is 5.91 Å². The summed E-state index contributed by atoms with van der Waals surface area (Å²) in [5, 5.41) is 12.9. The summed E-state index contributed by atoms with van der Waals surface area (Å²) in [5.41, 5.74) is 0.637. The molecular weight excluding hydrogens is 268 g/mol. The van der Waals surface area contributed by atoms with E-state index in [9.17, 15) is 4.79 Å². The first kappa shape index (κ1) is 14.6. The van der Waals surface area contributed by atoms with E-state index >= 15 is 0 Å². The number of carbonyl (C=O) groups is 1. The summed E-state index contributed by atoms with van der Waals surface area (Å²) in [5.74, 6) is 0.819. The Bertz CT molecular complexity index is 448. The number of rotatable bonds is 6. The van der Waals surface area contributed by atoms with Crippen molar-refractivity contribution in [2.45, 2.75) is 44.2 Å². The molecule has 1 amide bonds. The molecular formula is C16H24N2O3. The zero-order valence-corrected chi connectivity index (χ0v) is 12.3. The third kappa shape index (κ3) is 3.66. The van der Waals surface area contributed by atoms with Gasteiger partial charge in [-0.1, -0.05) is 0 Å². The Labute approximate surface area is 125 Å². The van der Waals surface area contributed by atoms with Crippen molar-refractivity contribution < 1.29 is 14.3 Å². The van der Waals surface area contributed by atoms with Crippen LogP contribution in [0.25, 0.3) is 0 Å². The van der Waals surface area contributed by atoms with Crippen LogP contribution in [-0.4, -0.2) is 47.7 Å². The van der Waals surface area contributed by atoms with E-state index in [-0.39, 0.29) is 12.5 Å². The molecule has 0 aromatic carbocycles. The second-order valence-electron chi connectivity index (χ2n) is 6.20. The number of nitrogens with one attached hydrogen (secondary N) is 1. The average molecular weight is 292 g/mol. The Morgan fingerprint density at radius 2 is 2.14 bits per heavy atom. The van der Waals surface area contributed by atoms with Gasteiger partial charge in [0.2, 0.25) is 0 Å². The molecule has 2 heterocycles. The summed E-state index contributed by atoms with van der Waals surface area (Å²) in [4.78, 5) is 14.1. The van der Waals surface area contributed by atoms with Crippen LogP contribution >= 0.6 is 0 Å². The Morgan fingerprint density at radius 1 is 1.38 bits per heavy atom. The maximum Gasteiger partial charge on any atom is 0.257 e. The lowest BCUT2D eigenvalue weighted by Crippen LogP contribution is -2.48. The first-order chi connectivity index (χ1) is 10.3. The van der Waals surface area contributed by atoms with Gasteiger partial charge in [-0.3, -0.25) is 4.79 Å². The summed E-state index contributed by atoms with van der Waals surface area (Å²) in [6.45, 7) is 1.84. The van der Waals surface area contributed by atoms with Crippen LogP contribution in [0.5, 0.6) is 0 Å². The van der Waals surface area contributed by atoms with Crippen LogP contribution in [0.15, 0.2) is 23.0 Å². The normalized spacial score (nSPS) is 21.5. The van der Waals surface area contributed by atoms with E-state index in [0.29, 0.717) is 17.6 Å². The lowest BCUT2D eigenvalue weighted by molar-refractivity contribution is 0.0698. The van der Waals surface area contributed by atoms with Gasteiger partial charge in [-0.25, -0.2) is 0 Å². The molecule has 0 radical (unpaired) electrons. The molecule has 5 nitrogen and oxygen atoms in total. The summed E-state index contributed by atoms with van der Waals surface area (Å²) in [7, 11) is 0. The predicted octanol–water partition coefficient (Wildman–Crippen LogP) is 1.63. The first-order valence-electron chi connectivity index (χ1n) is 7.96. The molecule has 1 unspecified atom stereocenters.